The van der Waals surface area contributed by atoms with E-state index < -0.39 is 11.6 Å². The van der Waals surface area contributed by atoms with E-state index in [9.17, 15) is 9.59 Å². The van der Waals surface area contributed by atoms with Gasteiger partial charge in [-0.2, -0.15) is 0 Å². The monoisotopic (exact) mass is 338 g/mol. The second kappa shape index (κ2) is 5.56. The van der Waals surface area contributed by atoms with Crippen LogP contribution in [0.3, 0.4) is 0 Å². The highest BCUT2D eigenvalue weighted by molar-refractivity contribution is 9.10. The van der Waals surface area contributed by atoms with E-state index in [1.54, 1.807) is 18.7 Å². The Morgan fingerprint density at radius 3 is 2.40 bits per heavy atom. The van der Waals surface area contributed by atoms with Gasteiger partial charge >= 0.3 is 0 Å². The number of rotatable bonds is 3. The molecule has 20 heavy (non-hydrogen) atoms. The highest BCUT2D eigenvalue weighted by atomic mass is 79.9. The maximum atomic E-state index is 12.5. The van der Waals surface area contributed by atoms with Crippen LogP contribution in [0.4, 0.5) is 0 Å². The zero-order valence-corrected chi connectivity index (χ0v) is 13.5. The number of amides is 2. The minimum absolute atomic E-state index is 0.0139. The molecule has 0 aliphatic carbocycles. The molecule has 4 nitrogen and oxygen atoms in total. The molecule has 1 aliphatic heterocycles. The Morgan fingerprint density at radius 2 is 1.85 bits per heavy atom. The summed E-state index contributed by atoms with van der Waals surface area (Å²) in [6.07, 6.45) is 0.609. The van der Waals surface area contributed by atoms with Gasteiger partial charge in [-0.3, -0.25) is 9.59 Å². The van der Waals surface area contributed by atoms with Gasteiger partial charge in [0.1, 0.15) is 11.6 Å². The summed E-state index contributed by atoms with van der Waals surface area (Å²) in [5, 5.41) is 2.79. The molecule has 2 rings (SSSR count). The largest absolute Gasteiger partial charge is 0.342 e. The fourth-order valence-electron chi connectivity index (χ4n) is 2.31. The van der Waals surface area contributed by atoms with Gasteiger partial charge in [-0.1, -0.05) is 35.0 Å². The molecule has 0 radical (unpaired) electrons. The molecular formula is C15H19BrN2O2. The maximum absolute atomic E-state index is 12.5. The zero-order valence-electron chi connectivity index (χ0n) is 11.9. The van der Waals surface area contributed by atoms with E-state index in [0.717, 1.165) is 10.0 Å². The summed E-state index contributed by atoms with van der Waals surface area (Å²) in [5.74, 6) is -0.110. The summed E-state index contributed by atoms with van der Waals surface area (Å²) in [6.45, 7) is 5.91. The highest BCUT2D eigenvalue weighted by Crippen LogP contribution is 2.25. The summed E-state index contributed by atoms with van der Waals surface area (Å²) in [4.78, 5) is 26.3. The van der Waals surface area contributed by atoms with E-state index in [-0.39, 0.29) is 11.8 Å². The van der Waals surface area contributed by atoms with Gasteiger partial charge in [-0.25, -0.2) is 0 Å². The maximum Gasteiger partial charge on any atom is 0.246 e. The summed E-state index contributed by atoms with van der Waals surface area (Å²) in [5.41, 5.74) is 0.190. The number of carbonyl (C=O) groups excluding carboxylic acids is 2. The first-order chi connectivity index (χ1) is 9.36. The number of benzene rings is 1. The molecular weight excluding hydrogens is 320 g/mol. The highest BCUT2D eigenvalue weighted by Gasteiger charge is 2.45. The van der Waals surface area contributed by atoms with Crippen LogP contribution in [0.25, 0.3) is 0 Å². The fraction of sp³-hybridized carbons (Fsp3) is 0.467. The van der Waals surface area contributed by atoms with Crippen LogP contribution < -0.4 is 5.32 Å². The van der Waals surface area contributed by atoms with Crippen molar-refractivity contribution in [3.63, 3.8) is 0 Å². The second-order valence-electron chi connectivity index (χ2n) is 5.54. The van der Waals surface area contributed by atoms with Crippen molar-refractivity contribution in [3.05, 3.63) is 34.3 Å². The van der Waals surface area contributed by atoms with Gasteiger partial charge in [0, 0.05) is 11.0 Å². The van der Waals surface area contributed by atoms with Gasteiger partial charge < -0.3 is 10.2 Å². The topological polar surface area (TPSA) is 49.4 Å². The quantitative estimate of drug-likeness (QED) is 0.920. The van der Waals surface area contributed by atoms with Crippen molar-refractivity contribution in [2.24, 2.45) is 0 Å². The van der Waals surface area contributed by atoms with Crippen LogP contribution in [0.2, 0.25) is 0 Å². The Morgan fingerprint density at radius 1 is 1.25 bits per heavy atom. The van der Waals surface area contributed by atoms with E-state index in [1.807, 2.05) is 31.2 Å². The lowest BCUT2D eigenvalue weighted by molar-refractivity contribution is -0.156. The molecule has 108 valence electrons. The third-order valence-electron chi connectivity index (χ3n) is 3.76. The molecule has 0 bridgehead atoms. The lowest BCUT2D eigenvalue weighted by atomic mass is 9.94. The first-order valence-corrected chi connectivity index (χ1v) is 7.52. The first kappa shape index (κ1) is 15.0. The summed E-state index contributed by atoms with van der Waals surface area (Å²) >= 11 is 3.39. The molecule has 2 amide bonds. The first-order valence-electron chi connectivity index (χ1n) is 6.73. The smallest absolute Gasteiger partial charge is 0.246 e. The number of halogens is 1. The molecule has 0 saturated carbocycles. The van der Waals surface area contributed by atoms with Gasteiger partial charge in [0.2, 0.25) is 11.8 Å². The average Bonchev–Trinajstić information content (AvgIpc) is 2.41. The van der Waals surface area contributed by atoms with Crippen LogP contribution in [-0.4, -0.2) is 28.3 Å². The second-order valence-corrected chi connectivity index (χ2v) is 6.46. The molecule has 1 aromatic rings. The summed E-state index contributed by atoms with van der Waals surface area (Å²) in [6, 6.07) is 7.38. The Hall–Kier alpha value is -1.36. The average molecular weight is 339 g/mol. The zero-order chi connectivity index (χ0) is 14.9. The Kier molecular flexibility index (Phi) is 4.18. The molecule has 1 unspecified atom stereocenters. The van der Waals surface area contributed by atoms with Gasteiger partial charge in [-0.15, -0.1) is 0 Å². The molecule has 1 aromatic carbocycles. The van der Waals surface area contributed by atoms with Crippen LogP contribution in [0.1, 0.15) is 32.8 Å². The van der Waals surface area contributed by atoms with Gasteiger partial charge in [-0.05, 0) is 38.0 Å². The van der Waals surface area contributed by atoms with Crippen LogP contribution in [0.15, 0.2) is 28.7 Å². The Labute approximate surface area is 127 Å². The lowest BCUT2D eigenvalue weighted by Crippen LogP contribution is -2.67. The predicted molar refractivity (Wildman–Crippen MR) is 81.0 cm³/mol. The van der Waals surface area contributed by atoms with Gasteiger partial charge in [0.15, 0.2) is 0 Å². The normalized spacial score (nSPS) is 21.8. The molecule has 1 atom stereocenters. The number of hydrogen-bond donors (Lipinski definition) is 1. The minimum Gasteiger partial charge on any atom is -0.342 e. The molecule has 1 saturated heterocycles. The number of carbonyl (C=O) groups is 2. The third kappa shape index (κ3) is 2.73. The van der Waals surface area contributed by atoms with Crippen molar-refractivity contribution in [1.29, 1.82) is 0 Å². The van der Waals surface area contributed by atoms with E-state index in [1.165, 1.54) is 0 Å². The van der Waals surface area contributed by atoms with E-state index in [4.69, 9.17) is 0 Å². The SMILES string of the molecule is CCC1NC(=O)C(C)(C)N(Cc2ccc(Br)cc2)C1=O. The third-order valence-corrected chi connectivity index (χ3v) is 4.29. The van der Waals surface area contributed by atoms with E-state index >= 15 is 0 Å². The van der Waals surface area contributed by atoms with Gasteiger partial charge in [0.25, 0.3) is 0 Å². The van der Waals surface area contributed by atoms with Gasteiger partial charge in [0.05, 0.1) is 0 Å². The molecule has 1 aliphatic rings. The number of nitrogens with one attached hydrogen (secondary N) is 1. The number of hydrogen-bond acceptors (Lipinski definition) is 2. The van der Waals surface area contributed by atoms with Crippen molar-refractivity contribution in [1.82, 2.24) is 10.2 Å². The molecule has 0 spiro atoms. The summed E-state index contributed by atoms with van der Waals surface area (Å²) < 4.78 is 0.995. The van der Waals surface area contributed by atoms with Crippen LogP contribution >= 0.6 is 15.9 Å². The molecule has 5 heteroatoms. The van der Waals surface area contributed by atoms with Crippen LogP contribution in [-0.2, 0) is 16.1 Å². The Balaban J connectivity index is 2.27. The molecule has 1 fully saturated rings. The standard InChI is InChI=1S/C15H19BrN2O2/c1-4-12-13(19)18(15(2,3)14(20)17-12)9-10-5-7-11(16)8-6-10/h5-8,12H,4,9H2,1-3H3,(H,17,20). The van der Waals surface area contributed by atoms with Crippen molar-refractivity contribution in [2.45, 2.75) is 45.3 Å². The van der Waals surface area contributed by atoms with E-state index in [0.29, 0.717) is 13.0 Å². The molecule has 0 aromatic heterocycles. The minimum atomic E-state index is -0.824. The molecule has 1 heterocycles. The molecule has 1 N–H and O–H groups in total. The Bertz CT molecular complexity index is 525. The predicted octanol–water partition coefficient (Wildman–Crippen LogP) is 2.46. The van der Waals surface area contributed by atoms with Crippen molar-refractivity contribution < 1.29 is 9.59 Å². The van der Waals surface area contributed by atoms with Crippen molar-refractivity contribution in [3.8, 4) is 0 Å². The number of piperazine rings is 1. The van der Waals surface area contributed by atoms with E-state index in [2.05, 4.69) is 21.2 Å². The van der Waals surface area contributed by atoms with Crippen LogP contribution in [0.5, 0.6) is 0 Å². The number of nitrogens with zero attached hydrogens (tertiary/aromatic N) is 1. The lowest BCUT2D eigenvalue weighted by Gasteiger charge is -2.44. The van der Waals surface area contributed by atoms with Crippen molar-refractivity contribution >= 4 is 27.7 Å². The fourth-order valence-corrected chi connectivity index (χ4v) is 2.57. The van der Waals surface area contributed by atoms with Crippen LogP contribution in [0, 0.1) is 0 Å². The van der Waals surface area contributed by atoms with Crippen molar-refractivity contribution in [2.75, 3.05) is 0 Å². The summed E-state index contributed by atoms with van der Waals surface area (Å²) in [7, 11) is 0.